The lowest BCUT2D eigenvalue weighted by molar-refractivity contribution is 1.41. The lowest BCUT2D eigenvalue weighted by Crippen LogP contribution is -1.97. The Morgan fingerprint density at radius 2 is 1.94 bits per heavy atom. The van der Waals surface area contributed by atoms with Gasteiger partial charge >= 0.3 is 0 Å². The van der Waals surface area contributed by atoms with Gasteiger partial charge in [0.2, 0.25) is 0 Å². The number of hydrogen-bond acceptors (Lipinski definition) is 3. The maximum Gasteiger partial charge on any atom is 0.101 e. The third-order valence-electron chi connectivity index (χ3n) is 2.63. The molecule has 0 aliphatic carbocycles. The van der Waals surface area contributed by atoms with Gasteiger partial charge in [-0.3, -0.25) is 0 Å². The first-order chi connectivity index (χ1) is 8.60. The van der Waals surface area contributed by atoms with Gasteiger partial charge in [0, 0.05) is 16.4 Å². The van der Waals surface area contributed by atoms with E-state index < -0.39 is 0 Å². The van der Waals surface area contributed by atoms with E-state index in [9.17, 15) is 0 Å². The molecule has 0 saturated carbocycles. The number of anilines is 3. The van der Waals surface area contributed by atoms with Crippen molar-refractivity contribution in [2.45, 2.75) is 6.92 Å². The van der Waals surface area contributed by atoms with Crippen LogP contribution in [0, 0.1) is 18.3 Å². The van der Waals surface area contributed by atoms with E-state index in [-0.39, 0.29) is 0 Å². The molecular weight excluding hydrogens is 246 g/mol. The summed E-state index contributed by atoms with van der Waals surface area (Å²) in [6.45, 7) is 1.97. The number of nitrogen functional groups attached to an aromatic ring is 1. The van der Waals surface area contributed by atoms with E-state index in [1.54, 1.807) is 18.2 Å². The molecule has 0 aliphatic heterocycles. The largest absolute Gasteiger partial charge is 0.399 e. The number of benzene rings is 2. The topological polar surface area (TPSA) is 61.8 Å². The molecule has 4 heteroatoms. The summed E-state index contributed by atoms with van der Waals surface area (Å²) < 4.78 is 0. The van der Waals surface area contributed by atoms with Gasteiger partial charge in [-0.25, -0.2) is 0 Å². The maximum atomic E-state index is 9.07. The second kappa shape index (κ2) is 4.99. The maximum absolute atomic E-state index is 9.07. The highest BCUT2D eigenvalue weighted by Gasteiger charge is 2.05. The van der Waals surface area contributed by atoms with E-state index in [4.69, 9.17) is 22.6 Å². The van der Waals surface area contributed by atoms with Crippen LogP contribution < -0.4 is 11.1 Å². The molecule has 18 heavy (non-hydrogen) atoms. The van der Waals surface area contributed by atoms with Crippen molar-refractivity contribution in [3.05, 3.63) is 52.5 Å². The molecule has 3 nitrogen and oxygen atoms in total. The Labute approximate surface area is 111 Å². The minimum atomic E-state index is 0.509. The summed E-state index contributed by atoms with van der Waals surface area (Å²) >= 11 is 5.96. The molecular formula is C14H12ClN3. The number of nitrogens with one attached hydrogen (secondary N) is 1. The number of nitriles is 1. The fraction of sp³-hybridized carbons (Fsp3) is 0.0714. The van der Waals surface area contributed by atoms with Gasteiger partial charge in [-0.1, -0.05) is 17.7 Å². The van der Waals surface area contributed by atoms with E-state index in [1.165, 1.54) is 0 Å². The van der Waals surface area contributed by atoms with Crippen molar-refractivity contribution in [1.29, 1.82) is 5.26 Å². The number of nitrogens with zero attached hydrogens (tertiary/aromatic N) is 1. The quantitative estimate of drug-likeness (QED) is 0.804. The van der Waals surface area contributed by atoms with E-state index in [1.807, 2.05) is 25.1 Å². The van der Waals surface area contributed by atoms with E-state index in [0.717, 1.165) is 16.9 Å². The number of halogens is 1. The van der Waals surface area contributed by atoms with Crippen LogP contribution >= 0.6 is 11.6 Å². The van der Waals surface area contributed by atoms with Crippen LogP contribution in [0.4, 0.5) is 17.1 Å². The van der Waals surface area contributed by atoms with Crippen molar-refractivity contribution in [3.8, 4) is 6.07 Å². The first kappa shape index (κ1) is 12.3. The lowest BCUT2D eigenvalue weighted by Gasteiger charge is -2.11. The summed E-state index contributed by atoms with van der Waals surface area (Å²) in [5.74, 6) is 0. The molecule has 90 valence electrons. The zero-order valence-corrected chi connectivity index (χ0v) is 10.6. The van der Waals surface area contributed by atoms with Crippen LogP contribution in [0.2, 0.25) is 5.02 Å². The van der Waals surface area contributed by atoms with Gasteiger partial charge < -0.3 is 11.1 Å². The van der Waals surface area contributed by atoms with Gasteiger partial charge in [0.05, 0.1) is 11.3 Å². The van der Waals surface area contributed by atoms with Crippen LogP contribution in [0.5, 0.6) is 0 Å². The summed E-state index contributed by atoms with van der Waals surface area (Å²) in [7, 11) is 0. The molecule has 0 unspecified atom stereocenters. The molecule has 0 radical (unpaired) electrons. The summed E-state index contributed by atoms with van der Waals surface area (Å²) in [6.07, 6.45) is 0. The van der Waals surface area contributed by atoms with Crippen molar-refractivity contribution in [2.75, 3.05) is 11.1 Å². The SMILES string of the molecule is Cc1ccc(Cl)cc1Nc1ccc(N)cc1C#N. The molecule has 2 aromatic rings. The van der Waals surface area contributed by atoms with E-state index in [0.29, 0.717) is 16.3 Å². The van der Waals surface area contributed by atoms with Crippen molar-refractivity contribution in [3.63, 3.8) is 0 Å². The highest BCUT2D eigenvalue weighted by molar-refractivity contribution is 6.30. The highest BCUT2D eigenvalue weighted by Crippen LogP contribution is 2.26. The van der Waals surface area contributed by atoms with Crippen LogP contribution in [-0.4, -0.2) is 0 Å². The average Bonchev–Trinajstić information content (AvgIpc) is 2.36. The Bertz CT molecular complexity index is 629. The normalized spacial score (nSPS) is 9.83. The van der Waals surface area contributed by atoms with Gasteiger partial charge in [0.15, 0.2) is 0 Å². The average molecular weight is 258 g/mol. The molecule has 0 aliphatic rings. The highest BCUT2D eigenvalue weighted by atomic mass is 35.5. The van der Waals surface area contributed by atoms with Crippen LogP contribution in [0.15, 0.2) is 36.4 Å². The molecule has 0 saturated heterocycles. The Balaban J connectivity index is 2.40. The fourth-order valence-corrected chi connectivity index (χ4v) is 1.81. The molecule has 0 spiro atoms. The predicted molar refractivity (Wildman–Crippen MR) is 75.0 cm³/mol. The van der Waals surface area contributed by atoms with E-state index >= 15 is 0 Å². The summed E-state index contributed by atoms with van der Waals surface area (Å²) in [4.78, 5) is 0. The van der Waals surface area contributed by atoms with Gasteiger partial charge in [-0.05, 0) is 42.8 Å². The second-order valence-electron chi connectivity index (χ2n) is 4.00. The van der Waals surface area contributed by atoms with Crippen molar-refractivity contribution in [2.24, 2.45) is 0 Å². The summed E-state index contributed by atoms with van der Waals surface area (Å²) in [6, 6.07) is 12.9. The minimum absolute atomic E-state index is 0.509. The summed E-state index contributed by atoms with van der Waals surface area (Å²) in [5, 5.41) is 12.9. The number of nitrogens with two attached hydrogens (primary N) is 1. The standard InChI is InChI=1S/C14H12ClN3/c1-9-2-3-11(15)7-14(9)18-13-5-4-12(17)6-10(13)8-16/h2-7,18H,17H2,1H3. The predicted octanol–water partition coefficient (Wildman–Crippen LogP) is 3.85. The molecule has 2 rings (SSSR count). The zero-order chi connectivity index (χ0) is 13.1. The van der Waals surface area contributed by atoms with Crippen molar-refractivity contribution in [1.82, 2.24) is 0 Å². The summed E-state index contributed by atoms with van der Waals surface area (Å²) in [5.41, 5.74) is 9.38. The van der Waals surface area contributed by atoms with Crippen LogP contribution in [-0.2, 0) is 0 Å². The van der Waals surface area contributed by atoms with E-state index in [2.05, 4.69) is 11.4 Å². The molecule has 0 bridgehead atoms. The second-order valence-corrected chi connectivity index (χ2v) is 4.44. The van der Waals surface area contributed by atoms with Gasteiger partial charge in [-0.15, -0.1) is 0 Å². The number of rotatable bonds is 2. The van der Waals surface area contributed by atoms with Crippen molar-refractivity contribution >= 4 is 28.7 Å². The monoisotopic (exact) mass is 257 g/mol. The first-order valence-corrected chi connectivity index (χ1v) is 5.81. The molecule has 0 amide bonds. The number of hydrogen-bond donors (Lipinski definition) is 2. The molecule has 3 N–H and O–H groups in total. The molecule has 0 heterocycles. The molecule has 0 atom stereocenters. The van der Waals surface area contributed by atoms with Crippen LogP contribution in [0.1, 0.15) is 11.1 Å². The van der Waals surface area contributed by atoms with Gasteiger partial charge in [0.1, 0.15) is 6.07 Å². The van der Waals surface area contributed by atoms with Crippen LogP contribution in [0.25, 0.3) is 0 Å². The third kappa shape index (κ3) is 2.55. The van der Waals surface area contributed by atoms with Crippen molar-refractivity contribution < 1.29 is 0 Å². The lowest BCUT2D eigenvalue weighted by atomic mass is 10.1. The zero-order valence-electron chi connectivity index (χ0n) is 9.87. The third-order valence-corrected chi connectivity index (χ3v) is 2.87. The smallest absolute Gasteiger partial charge is 0.101 e. The molecule has 0 aromatic heterocycles. The Hall–Kier alpha value is -2.18. The Morgan fingerprint density at radius 3 is 2.67 bits per heavy atom. The van der Waals surface area contributed by atoms with Gasteiger partial charge in [-0.2, -0.15) is 5.26 Å². The van der Waals surface area contributed by atoms with Crippen LogP contribution in [0.3, 0.4) is 0 Å². The number of aryl methyl sites for hydroxylation is 1. The van der Waals surface area contributed by atoms with Gasteiger partial charge in [0.25, 0.3) is 0 Å². The molecule has 2 aromatic carbocycles. The fourth-order valence-electron chi connectivity index (χ4n) is 1.64. The Morgan fingerprint density at radius 1 is 1.17 bits per heavy atom. The molecule has 0 fully saturated rings. The Kier molecular flexibility index (Phi) is 3.40. The first-order valence-electron chi connectivity index (χ1n) is 5.43. The minimum Gasteiger partial charge on any atom is -0.399 e.